The molecule has 0 aromatic carbocycles. The van der Waals surface area contributed by atoms with Crippen molar-refractivity contribution in [2.24, 2.45) is 11.7 Å². The molecule has 0 aromatic rings. The number of rotatable bonds is 2. The van der Waals surface area contributed by atoms with Crippen LogP contribution in [0.15, 0.2) is 0 Å². The van der Waals surface area contributed by atoms with E-state index in [-0.39, 0.29) is 0 Å². The second-order valence-corrected chi connectivity index (χ2v) is 3.65. The molecule has 0 saturated carbocycles. The van der Waals surface area contributed by atoms with Crippen LogP contribution in [0.1, 0.15) is 32.6 Å². The van der Waals surface area contributed by atoms with Gasteiger partial charge >= 0.3 is 0 Å². The van der Waals surface area contributed by atoms with Crippen molar-refractivity contribution in [2.75, 3.05) is 13.2 Å². The summed E-state index contributed by atoms with van der Waals surface area (Å²) in [5, 5.41) is 0. The van der Waals surface area contributed by atoms with E-state index in [2.05, 4.69) is 6.92 Å². The Labute approximate surface area is 69.1 Å². The van der Waals surface area contributed by atoms with Gasteiger partial charge in [0.1, 0.15) is 0 Å². The molecule has 0 aromatic heterocycles. The fraction of sp³-hybridized carbons (Fsp3) is 1.00. The van der Waals surface area contributed by atoms with Crippen LogP contribution in [0, 0.1) is 5.92 Å². The molecule has 1 heterocycles. The van der Waals surface area contributed by atoms with Crippen LogP contribution in [0.4, 0.5) is 0 Å². The minimum atomic E-state index is 0.335. The SMILES string of the molecule is CC(N)C[C@H]1CCCCOC1. The van der Waals surface area contributed by atoms with Gasteiger partial charge in [0, 0.05) is 19.3 Å². The first-order valence-electron chi connectivity index (χ1n) is 4.62. The summed E-state index contributed by atoms with van der Waals surface area (Å²) in [5.74, 6) is 0.720. The summed E-state index contributed by atoms with van der Waals surface area (Å²) in [5.41, 5.74) is 5.72. The van der Waals surface area contributed by atoms with Gasteiger partial charge < -0.3 is 10.5 Å². The third-order valence-electron chi connectivity index (χ3n) is 2.21. The van der Waals surface area contributed by atoms with Crippen molar-refractivity contribution in [1.82, 2.24) is 0 Å². The first kappa shape index (κ1) is 9.01. The Bertz CT molecular complexity index is 95.7. The highest BCUT2D eigenvalue weighted by Gasteiger charge is 2.13. The molecule has 11 heavy (non-hydrogen) atoms. The van der Waals surface area contributed by atoms with Crippen molar-refractivity contribution in [3.05, 3.63) is 0 Å². The zero-order chi connectivity index (χ0) is 8.10. The largest absolute Gasteiger partial charge is 0.381 e. The zero-order valence-electron chi connectivity index (χ0n) is 7.38. The minimum absolute atomic E-state index is 0.335. The molecule has 0 radical (unpaired) electrons. The lowest BCUT2D eigenvalue weighted by molar-refractivity contribution is 0.111. The van der Waals surface area contributed by atoms with Crippen LogP contribution in [0.3, 0.4) is 0 Å². The Hall–Kier alpha value is -0.0800. The second kappa shape index (κ2) is 4.73. The summed E-state index contributed by atoms with van der Waals surface area (Å²) in [6.07, 6.45) is 4.98. The molecule has 1 rings (SSSR count). The molecular weight excluding hydrogens is 138 g/mol. The summed E-state index contributed by atoms with van der Waals surface area (Å²) >= 11 is 0. The molecule has 0 amide bonds. The number of hydrogen-bond acceptors (Lipinski definition) is 2. The fourth-order valence-corrected chi connectivity index (χ4v) is 1.68. The first-order chi connectivity index (χ1) is 5.29. The Morgan fingerprint density at radius 2 is 2.36 bits per heavy atom. The van der Waals surface area contributed by atoms with E-state index in [9.17, 15) is 0 Å². The molecule has 2 nitrogen and oxygen atoms in total. The number of nitrogens with two attached hydrogens (primary N) is 1. The van der Waals surface area contributed by atoms with E-state index in [0.29, 0.717) is 6.04 Å². The Morgan fingerprint density at radius 3 is 3.09 bits per heavy atom. The molecule has 2 heteroatoms. The van der Waals surface area contributed by atoms with Crippen LogP contribution < -0.4 is 5.73 Å². The third-order valence-corrected chi connectivity index (χ3v) is 2.21. The fourth-order valence-electron chi connectivity index (χ4n) is 1.68. The predicted molar refractivity (Wildman–Crippen MR) is 46.4 cm³/mol. The molecule has 0 aliphatic carbocycles. The van der Waals surface area contributed by atoms with Crippen molar-refractivity contribution < 1.29 is 4.74 Å². The van der Waals surface area contributed by atoms with Gasteiger partial charge in [-0.15, -0.1) is 0 Å². The van der Waals surface area contributed by atoms with E-state index in [4.69, 9.17) is 10.5 Å². The van der Waals surface area contributed by atoms with Crippen LogP contribution in [-0.4, -0.2) is 19.3 Å². The maximum absolute atomic E-state index is 5.72. The van der Waals surface area contributed by atoms with Crippen LogP contribution in [0.25, 0.3) is 0 Å². The van der Waals surface area contributed by atoms with E-state index in [0.717, 1.165) is 25.6 Å². The molecule has 66 valence electrons. The van der Waals surface area contributed by atoms with E-state index in [1.807, 2.05) is 0 Å². The van der Waals surface area contributed by atoms with Gasteiger partial charge in [-0.25, -0.2) is 0 Å². The van der Waals surface area contributed by atoms with Gasteiger partial charge in [-0.2, -0.15) is 0 Å². The summed E-state index contributed by atoms with van der Waals surface area (Å²) in [6.45, 7) is 3.96. The first-order valence-corrected chi connectivity index (χ1v) is 4.62. The van der Waals surface area contributed by atoms with E-state index >= 15 is 0 Å². The number of ether oxygens (including phenoxy) is 1. The highest BCUT2D eigenvalue weighted by Crippen LogP contribution is 2.18. The highest BCUT2D eigenvalue weighted by atomic mass is 16.5. The normalized spacial score (nSPS) is 29.5. The molecule has 1 fully saturated rings. The average Bonchev–Trinajstić information content (AvgIpc) is 2.14. The third kappa shape index (κ3) is 3.73. The molecule has 1 aliphatic rings. The summed E-state index contributed by atoms with van der Waals surface area (Å²) in [7, 11) is 0. The quantitative estimate of drug-likeness (QED) is 0.660. The predicted octanol–water partition coefficient (Wildman–Crippen LogP) is 1.54. The van der Waals surface area contributed by atoms with Crippen molar-refractivity contribution >= 4 is 0 Å². The smallest absolute Gasteiger partial charge is 0.0494 e. The van der Waals surface area contributed by atoms with Gasteiger partial charge in [0.15, 0.2) is 0 Å². The Kier molecular flexibility index (Phi) is 3.87. The molecular formula is C9H19NO. The molecule has 2 N–H and O–H groups in total. The monoisotopic (exact) mass is 157 g/mol. The molecule has 0 spiro atoms. The Morgan fingerprint density at radius 1 is 1.55 bits per heavy atom. The van der Waals surface area contributed by atoms with Gasteiger partial charge in [0.25, 0.3) is 0 Å². The lowest BCUT2D eigenvalue weighted by Gasteiger charge is -2.15. The topological polar surface area (TPSA) is 35.2 Å². The molecule has 0 bridgehead atoms. The highest BCUT2D eigenvalue weighted by molar-refractivity contribution is 4.66. The standard InChI is InChI=1S/C9H19NO/c1-8(10)6-9-4-2-3-5-11-7-9/h8-9H,2-7,10H2,1H3/t8?,9-/m1/s1. The average molecular weight is 157 g/mol. The molecule has 1 unspecified atom stereocenters. The van der Waals surface area contributed by atoms with Gasteiger partial charge in [-0.1, -0.05) is 6.42 Å². The lowest BCUT2D eigenvalue weighted by atomic mass is 9.97. The number of hydrogen-bond donors (Lipinski definition) is 1. The van der Waals surface area contributed by atoms with E-state index in [1.165, 1.54) is 19.3 Å². The van der Waals surface area contributed by atoms with Crippen LogP contribution in [0.5, 0.6) is 0 Å². The molecule has 1 aliphatic heterocycles. The van der Waals surface area contributed by atoms with Gasteiger partial charge in [0.05, 0.1) is 0 Å². The lowest BCUT2D eigenvalue weighted by Crippen LogP contribution is -2.21. The summed E-state index contributed by atoms with van der Waals surface area (Å²) in [4.78, 5) is 0. The van der Waals surface area contributed by atoms with E-state index in [1.54, 1.807) is 0 Å². The second-order valence-electron chi connectivity index (χ2n) is 3.65. The van der Waals surface area contributed by atoms with Gasteiger partial charge in [0.2, 0.25) is 0 Å². The zero-order valence-corrected chi connectivity index (χ0v) is 7.38. The van der Waals surface area contributed by atoms with Gasteiger partial charge in [-0.05, 0) is 32.1 Å². The van der Waals surface area contributed by atoms with Crippen molar-refractivity contribution in [2.45, 2.75) is 38.6 Å². The summed E-state index contributed by atoms with van der Waals surface area (Å²) < 4.78 is 5.45. The van der Waals surface area contributed by atoms with Crippen molar-refractivity contribution in [1.29, 1.82) is 0 Å². The maximum Gasteiger partial charge on any atom is 0.0494 e. The van der Waals surface area contributed by atoms with Crippen molar-refractivity contribution in [3.8, 4) is 0 Å². The Balaban J connectivity index is 2.20. The van der Waals surface area contributed by atoms with Crippen LogP contribution >= 0.6 is 0 Å². The van der Waals surface area contributed by atoms with Crippen LogP contribution in [0.2, 0.25) is 0 Å². The van der Waals surface area contributed by atoms with Crippen LogP contribution in [-0.2, 0) is 4.74 Å². The summed E-state index contributed by atoms with van der Waals surface area (Å²) in [6, 6.07) is 0.335. The van der Waals surface area contributed by atoms with Gasteiger partial charge in [-0.3, -0.25) is 0 Å². The molecule has 2 atom stereocenters. The minimum Gasteiger partial charge on any atom is -0.381 e. The van der Waals surface area contributed by atoms with E-state index < -0.39 is 0 Å². The molecule has 1 saturated heterocycles. The maximum atomic E-state index is 5.72. The van der Waals surface area contributed by atoms with Crippen molar-refractivity contribution in [3.63, 3.8) is 0 Å².